The molecule has 9 heteroatoms. The van der Waals surface area contributed by atoms with Crippen molar-refractivity contribution in [1.82, 2.24) is 30.9 Å². The first-order valence-corrected chi connectivity index (χ1v) is 11.5. The van der Waals surface area contributed by atoms with Crippen LogP contribution in [0.1, 0.15) is 49.9 Å². The van der Waals surface area contributed by atoms with Crippen LogP contribution >= 0.6 is 0 Å². The van der Waals surface area contributed by atoms with Crippen molar-refractivity contribution in [2.24, 2.45) is 5.92 Å². The number of ether oxygens (including phenoxy) is 1. The summed E-state index contributed by atoms with van der Waals surface area (Å²) in [7, 11) is 0. The Hall–Kier alpha value is -3.33. The van der Waals surface area contributed by atoms with Crippen molar-refractivity contribution in [3.63, 3.8) is 0 Å². The second-order valence-electron chi connectivity index (χ2n) is 8.44. The normalized spacial score (nSPS) is 16.3. The Morgan fingerprint density at radius 1 is 1.18 bits per heavy atom. The van der Waals surface area contributed by atoms with E-state index in [1.165, 1.54) is 0 Å². The average Bonchev–Trinajstić information content (AvgIpc) is 3.37. The quantitative estimate of drug-likeness (QED) is 0.430. The molecule has 0 spiro atoms. The molecule has 1 aliphatic rings. The molecule has 2 unspecified atom stereocenters. The van der Waals surface area contributed by atoms with Crippen LogP contribution < -0.4 is 10.1 Å². The van der Waals surface area contributed by atoms with Gasteiger partial charge >= 0.3 is 5.97 Å². The van der Waals surface area contributed by atoms with E-state index in [9.17, 15) is 9.90 Å². The van der Waals surface area contributed by atoms with E-state index >= 15 is 0 Å². The molecule has 0 radical (unpaired) electrons. The Balaban J connectivity index is 1.49. The van der Waals surface area contributed by atoms with Gasteiger partial charge in [0.1, 0.15) is 6.10 Å². The Bertz CT molecular complexity index is 1020. The number of hydrogen-bond acceptors (Lipinski definition) is 7. The van der Waals surface area contributed by atoms with Crippen LogP contribution in [0.25, 0.3) is 11.3 Å². The molecule has 0 saturated carbocycles. The number of tetrazole rings is 1. The van der Waals surface area contributed by atoms with Crippen LogP contribution in [0.5, 0.6) is 5.88 Å². The highest BCUT2D eigenvalue weighted by molar-refractivity contribution is 5.71. The fourth-order valence-corrected chi connectivity index (χ4v) is 4.34. The summed E-state index contributed by atoms with van der Waals surface area (Å²) < 4.78 is 6.08. The average molecular weight is 451 g/mol. The molecule has 1 aromatic carbocycles. The molecule has 33 heavy (non-hydrogen) atoms. The van der Waals surface area contributed by atoms with Crippen molar-refractivity contribution in [1.29, 1.82) is 0 Å². The van der Waals surface area contributed by atoms with Gasteiger partial charge in [-0.2, -0.15) is 5.21 Å². The van der Waals surface area contributed by atoms with Gasteiger partial charge in [0.25, 0.3) is 0 Å². The van der Waals surface area contributed by atoms with E-state index in [0.29, 0.717) is 24.5 Å². The van der Waals surface area contributed by atoms with Gasteiger partial charge in [-0.05, 0) is 50.4 Å². The van der Waals surface area contributed by atoms with E-state index in [4.69, 9.17) is 9.72 Å². The molecule has 1 aliphatic heterocycles. The van der Waals surface area contributed by atoms with E-state index in [1.807, 2.05) is 49.4 Å². The lowest BCUT2D eigenvalue weighted by Crippen LogP contribution is -2.34. The topological polar surface area (TPSA) is 126 Å². The number of aromatic nitrogens is 5. The highest BCUT2D eigenvalue weighted by atomic mass is 16.5. The van der Waals surface area contributed by atoms with Crippen molar-refractivity contribution in [3.05, 3.63) is 53.9 Å². The summed E-state index contributed by atoms with van der Waals surface area (Å²) in [5.41, 5.74) is 2.84. The van der Waals surface area contributed by atoms with Crippen molar-refractivity contribution in [2.45, 2.75) is 51.0 Å². The summed E-state index contributed by atoms with van der Waals surface area (Å²) in [6.07, 6.45) is 4.01. The molecule has 3 N–H and O–H groups in total. The molecule has 0 aliphatic carbocycles. The summed E-state index contributed by atoms with van der Waals surface area (Å²) in [5.74, 6) is -0.684. The predicted octanol–water partition coefficient (Wildman–Crippen LogP) is 3.22. The molecule has 3 heterocycles. The number of rotatable bonds is 10. The van der Waals surface area contributed by atoms with Crippen LogP contribution in [0.3, 0.4) is 0 Å². The number of piperidine rings is 1. The number of carboxylic acids is 1. The van der Waals surface area contributed by atoms with Crippen molar-refractivity contribution < 1.29 is 14.6 Å². The number of H-pyrrole nitrogens is 1. The summed E-state index contributed by atoms with van der Waals surface area (Å²) in [6, 6.07) is 13.9. The Kier molecular flexibility index (Phi) is 7.62. The third-order valence-electron chi connectivity index (χ3n) is 6.10. The van der Waals surface area contributed by atoms with Gasteiger partial charge < -0.3 is 15.2 Å². The monoisotopic (exact) mass is 450 g/mol. The molecule has 1 saturated heterocycles. The Labute approximate surface area is 193 Å². The highest BCUT2D eigenvalue weighted by Gasteiger charge is 2.32. The lowest BCUT2D eigenvalue weighted by atomic mass is 9.83. The van der Waals surface area contributed by atoms with E-state index in [-0.39, 0.29) is 12.0 Å². The lowest BCUT2D eigenvalue weighted by Gasteiger charge is -2.23. The summed E-state index contributed by atoms with van der Waals surface area (Å²) in [6.45, 7) is 3.92. The van der Waals surface area contributed by atoms with Gasteiger partial charge in [0.15, 0.2) is 5.82 Å². The van der Waals surface area contributed by atoms with Crippen LogP contribution in [0.4, 0.5) is 0 Å². The van der Waals surface area contributed by atoms with Crippen LogP contribution in [0.2, 0.25) is 0 Å². The Morgan fingerprint density at radius 3 is 2.64 bits per heavy atom. The molecule has 174 valence electrons. The van der Waals surface area contributed by atoms with Gasteiger partial charge in [-0.3, -0.25) is 4.79 Å². The second-order valence-corrected chi connectivity index (χ2v) is 8.44. The minimum atomic E-state index is -0.835. The van der Waals surface area contributed by atoms with Crippen LogP contribution in [0.15, 0.2) is 42.5 Å². The molecule has 9 nitrogen and oxygen atoms in total. The number of benzene rings is 1. The minimum absolute atomic E-state index is 0.198. The lowest BCUT2D eigenvalue weighted by molar-refractivity contribution is -0.142. The van der Waals surface area contributed by atoms with Crippen LogP contribution in [0, 0.1) is 5.92 Å². The number of aliphatic carboxylic acids is 1. The van der Waals surface area contributed by atoms with Crippen LogP contribution in [-0.4, -0.2) is 55.9 Å². The first-order chi connectivity index (χ1) is 16.1. The highest BCUT2D eigenvalue weighted by Crippen LogP contribution is 2.30. The van der Waals surface area contributed by atoms with Crippen molar-refractivity contribution in [3.8, 4) is 17.1 Å². The van der Waals surface area contributed by atoms with Gasteiger partial charge in [0, 0.05) is 17.5 Å². The largest absolute Gasteiger partial charge is 0.481 e. The van der Waals surface area contributed by atoms with Gasteiger partial charge in [-0.1, -0.05) is 48.9 Å². The van der Waals surface area contributed by atoms with E-state index in [0.717, 1.165) is 49.2 Å². The molecular weight excluding hydrogens is 420 g/mol. The zero-order valence-corrected chi connectivity index (χ0v) is 18.8. The SMILES string of the molecule is CCCC(C(=O)O)C(Cc1ccc(-c2cccc(OC3CCNCC3)n2)cc1)c1nn[nH]n1. The number of aromatic amines is 1. The zero-order chi connectivity index (χ0) is 23.0. The molecular formula is C24H30N6O3. The number of carboxylic acid groups (broad SMARTS) is 1. The van der Waals surface area contributed by atoms with E-state index in [2.05, 4.69) is 25.9 Å². The summed E-state index contributed by atoms with van der Waals surface area (Å²) >= 11 is 0. The van der Waals surface area contributed by atoms with Crippen molar-refractivity contribution >= 4 is 5.97 Å². The molecule has 3 aromatic rings. The number of nitrogens with zero attached hydrogens (tertiary/aromatic N) is 4. The molecule has 1 fully saturated rings. The standard InChI is InChI=1S/C24H30N6O3/c1-2-4-19(24(31)32)20(23-27-29-30-28-23)15-16-7-9-17(10-8-16)21-5-3-6-22(26-21)33-18-11-13-25-14-12-18/h3,5-10,18-20,25H,2,4,11-15H2,1H3,(H,31,32)(H,27,28,29,30). The summed E-state index contributed by atoms with van der Waals surface area (Å²) in [5, 5.41) is 27.4. The molecule has 2 aromatic heterocycles. The van der Waals surface area contributed by atoms with E-state index in [1.54, 1.807) is 0 Å². The number of hydrogen-bond donors (Lipinski definition) is 3. The smallest absolute Gasteiger partial charge is 0.307 e. The second kappa shape index (κ2) is 11.0. The molecule has 0 amide bonds. The number of carbonyl (C=O) groups is 1. The molecule has 2 atom stereocenters. The first-order valence-electron chi connectivity index (χ1n) is 11.5. The zero-order valence-electron chi connectivity index (χ0n) is 18.8. The van der Waals surface area contributed by atoms with E-state index < -0.39 is 11.9 Å². The van der Waals surface area contributed by atoms with Gasteiger partial charge in [-0.15, -0.1) is 10.2 Å². The number of pyridine rings is 1. The van der Waals surface area contributed by atoms with Gasteiger partial charge in [0.2, 0.25) is 5.88 Å². The first kappa shape index (κ1) is 22.8. The van der Waals surface area contributed by atoms with Crippen molar-refractivity contribution in [2.75, 3.05) is 13.1 Å². The molecule has 0 bridgehead atoms. The molecule has 4 rings (SSSR count). The summed E-state index contributed by atoms with van der Waals surface area (Å²) in [4.78, 5) is 16.6. The third kappa shape index (κ3) is 5.92. The van der Waals surface area contributed by atoms with Gasteiger partial charge in [-0.25, -0.2) is 4.98 Å². The maximum absolute atomic E-state index is 11.9. The number of nitrogens with one attached hydrogen (secondary N) is 2. The predicted molar refractivity (Wildman–Crippen MR) is 123 cm³/mol. The minimum Gasteiger partial charge on any atom is -0.481 e. The fraction of sp³-hybridized carbons (Fsp3) is 0.458. The Morgan fingerprint density at radius 2 is 1.97 bits per heavy atom. The van der Waals surface area contributed by atoms with Gasteiger partial charge in [0.05, 0.1) is 11.6 Å². The maximum Gasteiger partial charge on any atom is 0.307 e. The van der Waals surface area contributed by atoms with Crippen LogP contribution in [-0.2, 0) is 11.2 Å². The fourth-order valence-electron chi connectivity index (χ4n) is 4.34. The third-order valence-corrected chi connectivity index (χ3v) is 6.10. The maximum atomic E-state index is 11.9.